The minimum Gasteiger partial charge on any atom is -0.348 e. The minimum atomic E-state index is -0.147. The van der Waals surface area contributed by atoms with Crippen molar-refractivity contribution < 1.29 is 4.79 Å². The highest BCUT2D eigenvalue weighted by molar-refractivity contribution is 6.42. The molecule has 1 fully saturated rings. The molecule has 2 nitrogen and oxygen atoms in total. The smallest absolute Gasteiger partial charge is 0.251 e. The van der Waals surface area contributed by atoms with Crippen LogP contribution in [0.15, 0.2) is 18.2 Å². The van der Waals surface area contributed by atoms with Gasteiger partial charge in [0.05, 0.1) is 15.4 Å². The zero-order valence-corrected chi connectivity index (χ0v) is 12.0. The first-order valence-electron chi connectivity index (χ1n) is 5.98. The number of halogens is 3. The van der Waals surface area contributed by atoms with Gasteiger partial charge in [-0.15, -0.1) is 11.6 Å². The quantitative estimate of drug-likeness (QED) is 0.812. The third kappa shape index (κ3) is 3.31. The summed E-state index contributed by atoms with van der Waals surface area (Å²) in [7, 11) is 0. The molecule has 2 rings (SSSR count). The SMILES string of the molecule is O=C(NC1CCCCC1Cl)c1ccc(Cl)c(Cl)c1. The van der Waals surface area contributed by atoms with Crippen molar-refractivity contribution in [3.05, 3.63) is 33.8 Å². The van der Waals surface area contributed by atoms with Gasteiger partial charge >= 0.3 is 0 Å². The molecule has 2 atom stereocenters. The normalized spacial score (nSPS) is 23.7. The van der Waals surface area contributed by atoms with E-state index in [1.807, 2.05) is 0 Å². The Morgan fingerprint density at radius 3 is 2.56 bits per heavy atom. The van der Waals surface area contributed by atoms with Gasteiger partial charge in [-0.3, -0.25) is 4.79 Å². The van der Waals surface area contributed by atoms with Crippen LogP contribution in [-0.4, -0.2) is 17.3 Å². The first kappa shape index (κ1) is 14.0. The molecule has 1 aliphatic rings. The highest BCUT2D eigenvalue weighted by Crippen LogP contribution is 2.25. The van der Waals surface area contributed by atoms with Crippen LogP contribution in [0.3, 0.4) is 0 Å². The molecule has 0 radical (unpaired) electrons. The Hall–Kier alpha value is -0.440. The van der Waals surface area contributed by atoms with Gasteiger partial charge in [0.15, 0.2) is 0 Å². The maximum Gasteiger partial charge on any atom is 0.251 e. The number of hydrogen-bond acceptors (Lipinski definition) is 1. The fraction of sp³-hybridized carbons (Fsp3) is 0.462. The van der Waals surface area contributed by atoms with Crippen molar-refractivity contribution in [3.8, 4) is 0 Å². The number of benzene rings is 1. The molecule has 1 N–H and O–H groups in total. The van der Waals surface area contributed by atoms with E-state index in [4.69, 9.17) is 34.8 Å². The van der Waals surface area contributed by atoms with Gasteiger partial charge < -0.3 is 5.32 Å². The van der Waals surface area contributed by atoms with Crippen LogP contribution in [0.5, 0.6) is 0 Å². The second-order valence-corrected chi connectivity index (χ2v) is 5.88. The van der Waals surface area contributed by atoms with E-state index < -0.39 is 0 Å². The summed E-state index contributed by atoms with van der Waals surface area (Å²) >= 11 is 17.9. The molecule has 2 unspecified atom stereocenters. The van der Waals surface area contributed by atoms with E-state index in [0.29, 0.717) is 15.6 Å². The lowest BCUT2D eigenvalue weighted by atomic mass is 9.94. The summed E-state index contributed by atoms with van der Waals surface area (Å²) in [5.41, 5.74) is 0.513. The van der Waals surface area contributed by atoms with E-state index in [-0.39, 0.29) is 17.3 Å². The summed E-state index contributed by atoms with van der Waals surface area (Å²) < 4.78 is 0. The topological polar surface area (TPSA) is 29.1 Å². The average molecular weight is 307 g/mol. The number of nitrogens with one attached hydrogen (secondary N) is 1. The molecule has 98 valence electrons. The van der Waals surface area contributed by atoms with Crippen LogP contribution in [0.25, 0.3) is 0 Å². The molecule has 0 aromatic heterocycles. The Balaban J connectivity index is 2.04. The van der Waals surface area contributed by atoms with Crippen LogP contribution in [-0.2, 0) is 0 Å². The minimum absolute atomic E-state index is 0.0190. The van der Waals surface area contributed by atoms with Crippen molar-refractivity contribution in [2.24, 2.45) is 0 Å². The molecule has 1 amide bonds. The maximum atomic E-state index is 12.1. The van der Waals surface area contributed by atoms with Crippen LogP contribution in [0.4, 0.5) is 0 Å². The molecule has 1 aromatic rings. The third-order valence-corrected chi connectivity index (χ3v) is 4.44. The Bertz CT molecular complexity index is 450. The summed E-state index contributed by atoms with van der Waals surface area (Å²) in [4.78, 5) is 12.1. The van der Waals surface area contributed by atoms with Gasteiger partial charge in [-0.1, -0.05) is 36.0 Å². The highest BCUT2D eigenvalue weighted by Gasteiger charge is 2.25. The molecule has 0 spiro atoms. The van der Waals surface area contributed by atoms with Crippen molar-refractivity contribution in [2.45, 2.75) is 37.1 Å². The first-order chi connectivity index (χ1) is 8.58. The van der Waals surface area contributed by atoms with Crippen molar-refractivity contribution in [1.29, 1.82) is 0 Å². The fourth-order valence-corrected chi connectivity index (χ4v) is 2.78. The van der Waals surface area contributed by atoms with E-state index in [1.165, 1.54) is 0 Å². The van der Waals surface area contributed by atoms with Gasteiger partial charge in [-0.05, 0) is 31.0 Å². The van der Waals surface area contributed by atoms with Crippen LogP contribution in [0.2, 0.25) is 10.0 Å². The Morgan fingerprint density at radius 1 is 1.17 bits per heavy atom. The molecular formula is C13H14Cl3NO. The lowest BCUT2D eigenvalue weighted by molar-refractivity contribution is 0.0928. The molecule has 0 bridgehead atoms. The molecule has 1 saturated carbocycles. The van der Waals surface area contributed by atoms with Crippen LogP contribution in [0.1, 0.15) is 36.0 Å². The number of carbonyl (C=O) groups excluding carboxylic acids is 1. The zero-order valence-electron chi connectivity index (χ0n) is 9.76. The second kappa shape index (κ2) is 6.14. The van der Waals surface area contributed by atoms with Crippen LogP contribution < -0.4 is 5.32 Å². The molecule has 0 aliphatic heterocycles. The standard InChI is InChI=1S/C13H14Cl3NO/c14-9-6-5-8(7-11(9)16)13(18)17-12-4-2-1-3-10(12)15/h5-7,10,12H,1-4H2,(H,17,18). The van der Waals surface area contributed by atoms with E-state index in [0.717, 1.165) is 25.7 Å². The summed E-state index contributed by atoms with van der Waals surface area (Å²) in [5, 5.41) is 3.81. The summed E-state index contributed by atoms with van der Waals surface area (Å²) in [6, 6.07) is 4.90. The van der Waals surface area contributed by atoms with Crippen molar-refractivity contribution >= 4 is 40.7 Å². The van der Waals surface area contributed by atoms with Crippen molar-refractivity contribution in [2.75, 3.05) is 0 Å². The molecular weight excluding hydrogens is 293 g/mol. The summed E-state index contributed by atoms with van der Waals surface area (Å²) in [6.45, 7) is 0. The van der Waals surface area contributed by atoms with Gasteiger partial charge in [0.1, 0.15) is 0 Å². The molecule has 5 heteroatoms. The van der Waals surface area contributed by atoms with Gasteiger partial charge in [-0.2, -0.15) is 0 Å². The largest absolute Gasteiger partial charge is 0.348 e. The van der Waals surface area contributed by atoms with E-state index in [2.05, 4.69) is 5.32 Å². The van der Waals surface area contributed by atoms with E-state index in [1.54, 1.807) is 18.2 Å². The average Bonchev–Trinajstić information content (AvgIpc) is 2.35. The Morgan fingerprint density at radius 2 is 1.89 bits per heavy atom. The molecule has 0 saturated heterocycles. The predicted octanol–water partition coefficient (Wildman–Crippen LogP) is 4.27. The molecule has 0 heterocycles. The van der Waals surface area contributed by atoms with Gasteiger partial charge in [0, 0.05) is 11.6 Å². The summed E-state index contributed by atoms with van der Waals surface area (Å²) in [6.07, 6.45) is 4.12. The van der Waals surface area contributed by atoms with E-state index >= 15 is 0 Å². The van der Waals surface area contributed by atoms with Gasteiger partial charge in [-0.25, -0.2) is 0 Å². The number of carbonyl (C=O) groups is 1. The van der Waals surface area contributed by atoms with E-state index in [9.17, 15) is 4.79 Å². The number of rotatable bonds is 2. The molecule has 1 aromatic carbocycles. The lowest BCUT2D eigenvalue weighted by Crippen LogP contribution is -2.42. The fourth-order valence-electron chi connectivity index (χ4n) is 2.14. The van der Waals surface area contributed by atoms with Crippen LogP contribution in [0, 0.1) is 0 Å². The van der Waals surface area contributed by atoms with Gasteiger partial charge in [0.25, 0.3) is 5.91 Å². The molecule has 18 heavy (non-hydrogen) atoms. The van der Waals surface area contributed by atoms with Crippen molar-refractivity contribution in [3.63, 3.8) is 0 Å². The molecule has 1 aliphatic carbocycles. The lowest BCUT2D eigenvalue weighted by Gasteiger charge is -2.27. The maximum absolute atomic E-state index is 12.1. The second-order valence-electron chi connectivity index (χ2n) is 4.51. The predicted molar refractivity (Wildman–Crippen MR) is 75.8 cm³/mol. The number of alkyl halides is 1. The van der Waals surface area contributed by atoms with Crippen molar-refractivity contribution in [1.82, 2.24) is 5.32 Å². The zero-order chi connectivity index (χ0) is 13.1. The first-order valence-corrected chi connectivity index (χ1v) is 7.17. The van der Waals surface area contributed by atoms with Gasteiger partial charge in [0.2, 0.25) is 0 Å². The van der Waals surface area contributed by atoms with Crippen LogP contribution >= 0.6 is 34.8 Å². The summed E-state index contributed by atoms with van der Waals surface area (Å²) in [5.74, 6) is -0.147. The number of hydrogen-bond donors (Lipinski definition) is 1. The third-order valence-electron chi connectivity index (χ3n) is 3.18. The number of amides is 1. The highest BCUT2D eigenvalue weighted by atomic mass is 35.5. The Labute approximate surface area is 122 Å². The Kier molecular flexibility index (Phi) is 4.77. The monoisotopic (exact) mass is 305 g/mol.